The fourth-order valence-corrected chi connectivity index (χ4v) is 3.87. The molecular formula is C24H29F2N3O2. The summed E-state index contributed by atoms with van der Waals surface area (Å²) in [6.07, 6.45) is 2.04. The highest BCUT2D eigenvalue weighted by Gasteiger charge is 2.30. The molecule has 2 amide bonds. The molecule has 5 nitrogen and oxygen atoms in total. The van der Waals surface area contributed by atoms with Crippen molar-refractivity contribution in [3.05, 3.63) is 64.5 Å². The summed E-state index contributed by atoms with van der Waals surface area (Å²) < 4.78 is 28.0. The van der Waals surface area contributed by atoms with Gasteiger partial charge in [0.1, 0.15) is 17.2 Å². The van der Waals surface area contributed by atoms with Gasteiger partial charge in [0.15, 0.2) is 0 Å². The highest BCUT2D eigenvalue weighted by atomic mass is 19.1. The molecule has 0 spiro atoms. The van der Waals surface area contributed by atoms with Crippen molar-refractivity contribution in [2.24, 2.45) is 5.92 Å². The standard InChI is InChI=1S/C24H29F2N3O2/c1-15(2)9-12-27-23(30)18-8-7-16(3)28-22(18)17-10-13-29(14-11-17)24(31)21-19(25)5-4-6-20(21)26/h4-8,15,17H,9-14H2,1-3H3,(H,27,30). The van der Waals surface area contributed by atoms with Crippen LogP contribution in [0, 0.1) is 24.5 Å². The molecule has 1 N–H and O–H groups in total. The lowest BCUT2D eigenvalue weighted by Crippen LogP contribution is -2.39. The Morgan fingerprint density at radius 1 is 1.13 bits per heavy atom. The van der Waals surface area contributed by atoms with Crippen molar-refractivity contribution in [1.82, 2.24) is 15.2 Å². The SMILES string of the molecule is Cc1ccc(C(=O)NCCC(C)C)c(C2CCN(C(=O)c3c(F)cccc3F)CC2)n1. The summed E-state index contributed by atoms with van der Waals surface area (Å²) in [6.45, 7) is 7.39. The van der Waals surface area contributed by atoms with Gasteiger partial charge < -0.3 is 10.2 Å². The van der Waals surface area contributed by atoms with Crippen molar-refractivity contribution in [2.45, 2.75) is 46.0 Å². The van der Waals surface area contributed by atoms with Gasteiger partial charge >= 0.3 is 0 Å². The van der Waals surface area contributed by atoms with Crippen LogP contribution in [0.4, 0.5) is 8.78 Å². The van der Waals surface area contributed by atoms with Crippen molar-refractivity contribution in [3.63, 3.8) is 0 Å². The molecule has 3 rings (SSSR count). The number of nitrogens with one attached hydrogen (secondary N) is 1. The monoisotopic (exact) mass is 429 g/mol. The number of halogens is 2. The average Bonchev–Trinajstić information content (AvgIpc) is 2.73. The van der Waals surface area contributed by atoms with Gasteiger partial charge in [-0.2, -0.15) is 0 Å². The Bertz CT molecular complexity index is 934. The second kappa shape index (κ2) is 9.98. The summed E-state index contributed by atoms with van der Waals surface area (Å²) in [6, 6.07) is 7.04. The molecule has 0 saturated carbocycles. The zero-order valence-electron chi connectivity index (χ0n) is 18.3. The van der Waals surface area contributed by atoms with Crippen molar-refractivity contribution in [3.8, 4) is 0 Å². The minimum Gasteiger partial charge on any atom is -0.352 e. The van der Waals surface area contributed by atoms with Gasteiger partial charge in [0.25, 0.3) is 11.8 Å². The first-order chi connectivity index (χ1) is 14.8. The topological polar surface area (TPSA) is 62.3 Å². The van der Waals surface area contributed by atoms with Gasteiger partial charge in [-0.15, -0.1) is 0 Å². The fourth-order valence-electron chi connectivity index (χ4n) is 3.87. The number of hydrogen-bond donors (Lipinski definition) is 1. The number of hydrogen-bond acceptors (Lipinski definition) is 3. The number of aromatic nitrogens is 1. The highest BCUT2D eigenvalue weighted by molar-refractivity contribution is 5.96. The van der Waals surface area contributed by atoms with Gasteiger partial charge in [0, 0.05) is 31.2 Å². The largest absolute Gasteiger partial charge is 0.352 e. The molecule has 7 heteroatoms. The van der Waals surface area contributed by atoms with Crippen LogP contribution in [-0.2, 0) is 0 Å². The number of amides is 2. The summed E-state index contributed by atoms with van der Waals surface area (Å²) in [7, 11) is 0. The Morgan fingerprint density at radius 2 is 1.77 bits per heavy atom. The molecule has 166 valence electrons. The predicted octanol–water partition coefficient (Wildman–Crippen LogP) is 4.46. The van der Waals surface area contributed by atoms with E-state index >= 15 is 0 Å². The van der Waals surface area contributed by atoms with E-state index < -0.39 is 23.1 Å². The quantitative estimate of drug-likeness (QED) is 0.737. The molecule has 1 saturated heterocycles. The number of aryl methyl sites for hydroxylation is 1. The van der Waals surface area contributed by atoms with E-state index in [1.807, 2.05) is 13.0 Å². The Labute approximate surface area is 181 Å². The molecule has 2 heterocycles. The lowest BCUT2D eigenvalue weighted by atomic mass is 9.89. The Hall–Kier alpha value is -2.83. The van der Waals surface area contributed by atoms with Crippen LogP contribution in [0.1, 0.15) is 71.1 Å². The van der Waals surface area contributed by atoms with Crippen LogP contribution >= 0.6 is 0 Å². The van der Waals surface area contributed by atoms with E-state index in [4.69, 9.17) is 0 Å². The molecular weight excluding hydrogens is 400 g/mol. The van der Waals surface area contributed by atoms with E-state index in [0.717, 1.165) is 29.9 Å². The van der Waals surface area contributed by atoms with Crippen LogP contribution in [0.2, 0.25) is 0 Å². The van der Waals surface area contributed by atoms with Gasteiger partial charge in [-0.3, -0.25) is 14.6 Å². The van der Waals surface area contributed by atoms with Crippen LogP contribution in [0.3, 0.4) is 0 Å². The molecule has 1 aromatic heterocycles. The first-order valence-corrected chi connectivity index (χ1v) is 10.8. The van der Waals surface area contributed by atoms with Gasteiger partial charge in [-0.05, 0) is 56.4 Å². The van der Waals surface area contributed by atoms with E-state index in [1.54, 1.807) is 6.07 Å². The smallest absolute Gasteiger partial charge is 0.259 e. The van der Waals surface area contributed by atoms with Gasteiger partial charge in [0.2, 0.25) is 0 Å². The molecule has 0 atom stereocenters. The summed E-state index contributed by atoms with van der Waals surface area (Å²) in [4.78, 5) is 31.5. The highest BCUT2D eigenvalue weighted by Crippen LogP contribution is 2.30. The van der Waals surface area contributed by atoms with Crippen LogP contribution in [0.5, 0.6) is 0 Å². The minimum atomic E-state index is -0.854. The van der Waals surface area contributed by atoms with E-state index in [1.165, 1.54) is 11.0 Å². The van der Waals surface area contributed by atoms with Crippen molar-refractivity contribution in [2.75, 3.05) is 19.6 Å². The third-order valence-corrected chi connectivity index (χ3v) is 5.66. The number of likely N-dealkylation sites (tertiary alicyclic amines) is 1. The lowest BCUT2D eigenvalue weighted by molar-refractivity contribution is 0.0700. The lowest BCUT2D eigenvalue weighted by Gasteiger charge is -2.32. The molecule has 1 aliphatic heterocycles. The molecule has 31 heavy (non-hydrogen) atoms. The number of benzene rings is 1. The normalized spacial score (nSPS) is 14.7. The van der Waals surface area contributed by atoms with Crippen LogP contribution in [-0.4, -0.2) is 41.3 Å². The molecule has 0 radical (unpaired) electrons. The van der Waals surface area contributed by atoms with E-state index in [2.05, 4.69) is 24.1 Å². The number of carbonyl (C=O) groups is 2. The zero-order chi connectivity index (χ0) is 22.5. The fraction of sp³-hybridized carbons (Fsp3) is 0.458. The maximum Gasteiger partial charge on any atom is 0.259 e. The third kappa shape index (κ3) is 5.46. The van der Waals surface area contributed by atoms with Crippen LogP contribution < -0.4 is 5.32 Å². The van der Waals surface area contributed by atoms with E-state index in [-0.39, 0.29) is 11.8 Å². The second-order valence-electron chi connectivity index (χ2n) is 8.49. The van der Waals surface area contributed by atoms with Crippen molar-refractivity contribution < 1.29 is 18.4 Å². The molecule has 0 unspecified atom stereocenters. The second-order valence-corrected chi connectivity index (χ2v) is 8.49. The van der Waals surface area contributed by atoms with Crippen LogP contribution in [0.25, 0.3) is 0 Å². The minimum absolute atomic E-state index is 0.000246. The van der Waals surface area contributed by atoms with Crippen LogP contribution in [0.15, 0.2) is 30.3 Å². The molecule has 0 bridgehead atoms. The van der Waals surface area contributed by atoms with Crippen molar-refractivity contribution in [1.29, 1.82) is 0 Å². The van der Waals surface area contributed by atoms with Gasteiger partial charge in [-0.25, -0.2) is 8.78 Å². The summed E-state index contributed by atoms with van der Waals surface area (Å²) in [5.74, 6) is -1.99. The Kier molecular flexibility index (Phi) is 7.36. The number of rotatable bonds is 6. The molecule has 1 fully saturated rings. The zero-order valence-corrected chi connectivity index (χ0v) is 18.3. The predicted molar refractivity (Wildman–Crippen MR) is 115 cm³/mol. The first kappa shape index (κ1) is 22.8. The number of nitrogens with zero attached hydrogens (tertiary/aromatic N) is 2. The molecule has 2 aromatic rings. The van der Waals surface area contributed by atoms with Gasteiger partial charge in [-0.1, -0.05) is 19.9 Å². The summed E-state index contributed by atoms with van der Waals surface area (Å²) >= 11 is 0. The van der Waals surface area contributed by atoms with E-state index in [0.29, 0.717) is 44.0 Å². The van der Waals surface area contributed by atoms with Gasteiger partial charge in [0.05, 0.1) is 11.3 Å². The number of pyridine rings is 1. The molecule has 1 aromatic carbocycles. The average molecular weight is 430 g/mol. The first-order valence-electron chi connectivity index (χ1n) is 10.8. The number of piperidine rings is 1. The molecule has 0 aliphatic carbocycles. The van der Waals surface area contributed by atoms with Crippen molar-refractivity contribution >= 4 is 11.8 Å². The maximum atomic E-state index is 14.0. The third-order valence-electron chi connectivity index (χ3n) is 5.66. The molecule has 1 aliphatic rings. The number of carbonyl (C=O) groups excluding carboxylic acids is 2. The Morgan fingerprint density at radius 3 is 2.39 bits per heavy atom. The summed E-state index contributed by atoms with van der Waals surface area (Å²) in [5.41, 5.74) is 1.59. The Balaban J connectivity index is 1.71. The summed E-state index contributed by atoms with van der Waals surface area (Å²) in [5, 5.41) is 2.96. The maximum absolute atomic E-state index is 14.0. The van der Waals surface area contributed by atoms with E-state index in [9.17, 15) is 18.4 Å².